The van der Waals surface area contributed by atoms with Crippen LogP contribution in [0.1, 0.15) is 5.56 Å². The summed E-state index contributed by atoms with van der Waals surface area (Å²) in [6.07, 6.45) is 0.649. The third kappa shape index (κ3) is 3.74. The zero-order valence-electron chi connectivity index (χ0n) is 15.3. The van der Waals surface area contributed by atoms with Gasteiger partial charge in [0.2, 0.25) is 15.9 Å². The summed E-state index contributed by atoms with van der Waals surface area (Å²) in [5, 5.41) is 0.382. The number of benzene rings is 2. The van der Waals surface area contributed by atoms with Gasteiger partial charge in [-0.05, 0) is 36.2 Å². The molecule has 2 aliphatic heterocycles. The number of rotatable bonds is 3. The van der Waals surface area contributed by atoms with Gasteiger partial charge in [-0.25, -0.2) is 8.42 Å². The van der Waals surface area contributed by atoms with Crippen molar-refractivity contribution in [1.82, 2.24) is 9.21 Å². The summed E-state index contributed by atoms with van der Waals surface area (Å²) in [4.78, 5) is 14.8. The molecule has 0 aliphatic carbocycles. The van der Waals surface area contributed by atoms with Crippen LogP contribution >= 0.6 is 11.6 Å². The van der Waals surface area contributed by atoms with Gasteiger partial charge >= 0.3 is 0 Å². The Balaban J connectivity index is 1.40. The third-order valence-electron chi connectivity index (χ3n) is 5.21. The quantitative estimate of drug-likeness (QED) is 0.764. The van der Waals surface area contributed by atoms with Crippen LogP contribution in [0.4, 0.5) is 0 Å². The van der Waals surface area contributed by atoms with Crippen LogP contribution in [0.25, 0.3) is 0 Å². The van der Waals surface area contributed by atoms with Gasteiger partial charge in [-0.15, -0.1) is 0 Å². The van der Waals surface area contributed by atoms with Gasteiger partial charge in [-0.2, -0.15) is 4.31 Å². The molecule has 1 saturated heterocycles. The van der Waals surface area contributed by atoms with E-state index >= 15 is 0 Å². The Labute approximate surface area is 169 Å². The Morgan fingerprint density at radius 2 is 1.79 bits per heavy atom. The maximum Gasteiger partial charge on any atom is 0.243 e. The van der Waals surface area contributed by atoms with Crippen molar-refractivity contribution in [1.29, 1.82) is 0 Å². The molecule has 0 spiro atoms. The van der Waals surface area contributed by atoms with E-state index in [0.29, 0.717) is 31.1 Å². The summed E-state index contributed by atoms with van der Waals surface area (Å²) in [5.74, 6) is 0.629. The first kappa shape index (κ1) is 19.2. The van der Waals surface area contributed by atoms with Crippen molar-refractivity contribution >= 4 is 27.5 Å². The Bertz CT molecular complexity index is 987. The lowest BCUT2D eigenvalue weighted by atomic mass is 9.95. The van der Waals surface area contributed by atoms with Crippen molar-refractivity contribution in [2.24, 2.45) is 5.92 Å². The van der Waals surface area contributed by atoms with Gasteiger partial charge in [-0.1, -0.05) is 35.9 Å². The maximum absolute atomic E-state index is 12.9. The van der Waals surface area contributed by atoms with Crippen molar-refractivity contribution in [2.75, 3.05) is 32.8 Å². The molecule has 28 heavy (non-hydrogen) atoms. The fraction of sp³-hybridized carbons (Fsp3) is 0.350. The highest BCUT2D eigenvalue weighted by molar-refractivity contribution is 7.89. The minimum Gasteiger partial charge on any atom is -0.492 e. The second-order valence-corrected chi connectivity index (χ2v) is 9.38. The summed E-state index contributed by atoms with van der Waals surface area (Å²) in [6, 6.07) is 14.0. The van der Waals surface area contributed by atoms with Crippen molar-refractivity contribution < 1.29 is 17.9 Å². The molecule has 148 valence electrons. The largest absolute Gasteiger partial charge is 0.492 e. The standard InChI is InChI=1S/C20H21ClN2O4S/c21-17-5-3-6-18(13-17)28(25,26)23-10-8-22(9-11-23)20(24)16-12-15-4-1-2-7-19(15)27-14-16/h1-7,13,16H,8-12,14H2. The molecular formula is C20H21ClN2O4S. The molecule has 0 saturated carbocycles. The van der Waals surface area contributed by atoms with Gasteiger partial charge in [0.25, 0.3) is 0 Å². The molecule has 8 heteroatoms. The summed E-state index contributed by atoms with van der Waals surface area (Å²) >= 11 is 5.93. The normalized spacial score (nSPS) is 20.3. The fourth-order valence-electron chi connectivity index (χ4n) is 3.67. The van der Waals surface area contributed by atoms with Crippen molar-refractivity contribution in [2.45, 2.75) is 11.3 Å². The number of fused-ring (bicyclic) bond motifs is 1. The molecule has 1 unspecified atom stereocenters. The number of sulfonamides is 1. The van der Waals surface area contributed by atoms with E-state index in [1.165, 1.54) is 16.4 Å². The molecule has 1 atom stereocenters. The van der Waals surface area contributed by atoms with Gasteiger partial charge in [0.05, 0.1) is 10.8 Å². The first-order valence-corrected chi connectivity index (χ1v) is 11.0. The van der Waals surface area contributed by atoms with Gasteiger partial charge < -0.3 is 9.64 Å². The van der Waals surface area contributed by atoms with Gasteiger partial charge in [-0.3, -0.25) is 4.79 Å². The molecule has 2 heterocycles. The average Bonchev–Trinajstić information content (AvgIpc) is 2.73. The number of hydrogen-bond acceptors (Lipinski definition) is 4. The highest BCUT2D eigenvalue weighted by Crippen LogP contribution is 2.28. The van der Waals surface area contributed by atoms with Crippen LogP contribution in [0.15, 0.2) is 53.4 Å². The number of carbonyl (C=O) groups excluding carboxylic acids is 1. The van der Waals surface area contributed by atoms with E-state index in [2.05, 4.69) is 0 Å². The second kappa shape index (κ2) is 7.73. The first-order chi connectivity index (χ1) is 13.4. The van der Waals surface area contributed by atoms with Crippen LogP contribution in [0.2, 0.25) is 5.02 Å². The van der Waals surface area contributed by atoms with Gasteiger partial charge in [0, 0.05) is 31.2 Å². The minimum atomic E-state index is -3.61. The molecule has 1 fully saturated rings. The summed E-state index contributed by atoms with van der Waals surface area (Å²) < 4.78 is 32.7. The van der Waals surface area contributed by atoms with Crippen molar-refractivity contribution in [3.63, 3.8) is 0 Å². The van der Waals surface area contributed by atoms with Crippen molar-refractivity contribution in [3.05, 3.63) is 59.1 Å². The van der Waals surface area contributed by atoms with Crippen LogP contribution in [0.3, 0.4) is 0 Å². The Morgan fingerprint density at radius 1 is 1.04 bits per heavy atom. The smallest absolute Gasteiger partial charge is 0.243 e. The van der Waals surface area contributed by atoms with E-state index in [1.807, 2.05) is 24.3 Å². The lowest BCUT2D eigenvalue weighted by Gasteiger charge is -2.36. The van der Waals surface area contributed by atoms with Crippen LogP contribution < -0.4 is 4.74 Å². The number of halogens is 1. The van der Waals surface area contributed by atoms with Crippen molar-refractivity contribution in [3.8, 4) is 5.75 Å². The Hall–Kier alpha value is -2.09. The number of para-hydroxylation sites is 1. The molecule has 0 aromatic heterocycles. The first-order valence-electron chi connectivity index (χ1n) is 9.20. The van der Waals surface area contributed by atoms with E-state index in [-0.39, 0.29) is 29.8 Å². The number of ether oxygens (including phenoxy) is 1. The Kier molecular flexibility index (Phi) is 5.31. The third-order valence-corrected chi connectivity index (χ3v) is 7.34. The molecular weight excluding hydrogens is 400 g/mol. The molecule has 4 rings (SSSR count). The fourth-order valence-corrected chi connectivity index (χ4v) is 5.39. The Morgan fingerprint density at radius 3 is 2.54 bits per heavy atom. The van der Waals surface area contributed by atoms with Gasteiger partial charge in [0.1, 0.15) is 12.4 Å². The molecule has 6 nitrogen and oxygen atoms in total. The molecule has 0 radical (unpaired) electrons. The number of carbonyl (C=O) groups is 1. The minimum absolute atomic E-state index is 0.0225. The number of nitrogens with zero attached hydrogens (tertiary/aromatic N) is 2. The summed E-state index contributed by atoms with van der Waals surface area (Å²) in [6.45, 7) is 1.64. The predicted molar refractivity (Wildman–Crippen MR) is 106 cm³/mol. The number of hydrogen-bond donors (Lipinski definition) is 0. The zero-order valence-corrected chi connectivity index (χ0v) is 16.8. The maximum atomic E-state index is 12.9. The topological polar surface area (TPSA) is 66.9 Å². The SMILES string of the molecule is O=C(C1COc2ccccc2C1)N1CCN(S(=O)(=O)c2cccc(Cl)c2)CC1. The molecule has 0 bridgehead atoms. The molecule has 0 N–H and O–H groups in total. The van der Waals surface area contributed by atoms with E-state index in [1.54, 1.807) is 17.0 Å². The lowest BCUT2D eigenvalue weighted by Crippen LogP contribution is -2.52. The molecule has 2 aromatic rings. The average molecular weight is 421 g/mol. The number of piperazine rings is 1. The summed E-state index contributed by atoms with van der Waals surface area (Å²) in [5.41, 5.74) is 1.04. The van der Waals surface area contributed by atoms with E-state index in [0.717, 1.165) is 11.3 Å². The van der Waals surface area contributed by atoms with Crippen LogP contribution in [0.5, 0.6) is 5.75 Å². The van der Waals surface area contributed by atoms with E-state index in [4.69, 9.17) is 16.3 Å². The van der Waals surface area contributed by atoms with E-state index < -0.39 is 10.0 Å². The van der Waals surface area contributed by atoms with Crippen LogP contribution in [-0.2, 0) is 21.2 Å². The number of amides is 1. The lowest BCUT2D eigenvalue weighted by molar-refractivity contribution is -0.138. The zero-order chi connectivity index (χ0) is 19.7. The molecule has 1 amide bonds. The molecule has 2 aliphatic rings. The summed E-state index contributed by atoms with van der Waals surface area (Å²) in [7, 11) is -3.61. The predicted octanol–water partition coefficient (Wildman–Crippen LogP) is 2.42. The van der Waals surface area contributed by atoms with Crippen LogP contribution in [-0.4, -0.2) is 56.3 Å². The highest BCUT2D eigenvalue weighted by Gasteiger charge is 2.34. The highest BCUT2D eigenvalue weighted by atomic mass is 35.5. The monoisotopic (exact) mass is 420 g/mol. The molecule has 2 aromatic carbocycles. The van der Waals surface area contributed by atoms with Gasteiger partial charge in [0.15, 0.2) is 0 Å². The van der Waals surface area contributed by atoms with E-state index in [9.17, 15) is 13.2 Å². The van der Waals surface area contributed by atoms with Crippen LogP contribution in [0, 0.1) is 5.92 Å². The second-order valence-electron chi connectivity index (χ2n) is 7.01.